The third kappa shape index (κ3) is 5.43. The van der Waals surface area contributed by atoms with E-state index >= 15 is 0 Å². The first kappa shape index (κ1) is 17.0. The Bertz CT molecular complexity index is 471. The summed E-state index contributed by atoms with van der Waals surface area (Å²) in [5, 5.41) is 5.45. The summed E-state index contributed by atoms with van der Waals surface area (Å²) in [4.78, 5) is 1.28. The molecule has 1 rings (SSSR count). The van der Waals surface area contributed by atoms with Crippen LogP contribution < -0.4 is 10.0 Å². The lowest BCUT2D eigenvalue weighted by atomic mass is 10.3. The molecule has 0 fully saturated rings. The van der Waals surface area contributed by atoms with Gasteiger partial charge in [0.2, 0.25) is 10.0 Å². The fourth-order valence-electron chi connectivity index (χ4n) is 1.53. The fraction of sp³-hybridized carbons (Fsp3) is 0.667. The van der Waals surface area contributed by atoms with Crippen LogP contribution in [0.15, 0.2) is 16.3 Å². The van der Waals surface area contributed by atoms with Crippen molar-refractivity contribution < 1.29 is 8.42 Å². The summed E-state index contributed by atoms with van der Waals surface area (Å²) in [6, 6.07) is 1.68. The summed E-state index contributed by atoms with van der Waals surface area (Å²) in [7, 11) is -3.37. The second-order valence-corrected chi connectivity index (χ2v) is 8.23. The minimum Gasteiger partial charge on any atom is -0.312 e. The van der Waals surface area contributed by atoms with Crippen molar-refractivity contribution >= 4 is 33.1 Å². The van der Waals surface area contributed by atoms with E-state index in [2.05, 4.69) is 17.0 Å². The maximum atomic E-state index is 12.2. The van der Waals surface area contributed by atoms with E-state index in [9.17, 15) is 8.42 Å². The van der Waals surface area contributed by atoms with Crippen molar-refractivity contribution in [1.29, 1.82) is 0 Å². The van der Waals surface area contributed by atoms with Gasteiger partial charge in [0, 0.05) is 23.2 Å². The largest absolute Gasteiger partial charge is 0.312 e. The van der Waals surface area contributed by atoms with E-state index in [-0.39, 0.29) is 0 Å². The second kappa shape index (κ2) is 8.26. The minimum atomic E-state index is -3.37. The Morgan fingerprint density at radius 3 is 2.84 bits per heavy atom. The summed E-state index contributed by atoms with van der Waals surface area (Å²) >= 11 is 3.22. The number of hydrogen-bond donors (Lipinski definition) is 2. The van der Waals surface area contributed by atoms with E-state index in [1.54, 1.807) is 17.8 Å². The van der Waals surface area contributed by atoms with Gasteiger partial charge in [0.05, 0.1) is 4.90 Å². The zero-order chi connectivity index (χ0) is 14.3. The predicted molar refractivity (Wildman–Crippen MR) is 84.5 cm³/mol. The number of hydrogen-bond acceptors (Lipinski definition) is 5. The van der Waals surface area contributed by atoms with E-state index in [1.165, 1.54) is 11.3 Å². The zero-order valence-electron chi connectivity index (χ0n) is 11.6. The highest BCUT2D eigenvalue weighted by atomic mass is 32.2. The van der Waals surface area contributed by atoms with Gasteiger partial charge in [-0.15, -0.1) is 11.3 Å². The molecule has 0 aromatic carbocycles. The van der Waals surface area contributed by atoms with Crippen LogP contribution in [0.4, 0.5) is 0 Å². The SMILES string of the molecule is CCNCc1sccc1S(=O)(=O)NCCC(C)SC. The van der Waals surface area contributed by atoms with Gasteiger partial charge in [-0.05, 0) is 30.7 Å². The van der Waals surface area contributed by atoms with Gasteiger partial charge in [-0.25, -0.2) is 13.1 Å². The molecule has 4 nitrogen and oxygen atoms in total. The molecule has 0 saturated carbocycles. The Morgan fingerprint density at radius 1 is 1.47 bits per heavy atom. The van der Waals surface area contributed by atoms with Crippen molar-refractivity contribution in [3.05, 3.63) is 16.3 Å². The van der Waals surface area contributed by atoms with Crippen LogP contribution in [0.25, 0.3) is 0 Å². The third-order valence-electron chi connectivity index (χ3n) is 2.77. The Kier molecular flexibility index (Phi) is 7.38. The number of thioether (sulfide) groups is 1. The van der Waals surface area contributed by atoms with Crippen LogP contribution in [0.5, 0.6) is 0 Å². The molecule has 1 unspecified atom stereocenters. The van der Waals surface area contributed by atoms with Crippen LogP contribution in [0.3, 0.4) is 0 Å². The first-order valence-electron chi connectivity index (χ1n) is 6.30. The van der Waals surface area contributed by atoms with Crippen molar-refractivity contribution in [3.8, 4) is 0 Å². The van der Waals surface area contributed by atoms with Crippen LogP contribution in [-0.2, 0) is 16.6 Å². The molecule has 1 atom stereocenters. The van der Waals surface area contributed by atoms with Crippen LogP contribution >= 0.6 is 23.1 Å². The zero-order valence-corrected chi connectivity index (χ0v) is 14.1. The summed E-state index contributed by atoms with van der Waals surface area (Å²) in [6.07, 6.45) is 2.87. The van der Waals surface area contributed by atoms with Gasteiger partial charge in [0.1, 0.15) is 0 Å². The molecule has 0 bridgehead atoms. The van der Waals surface area contributed by atoms with Crippen LogP contribution in [-0.4, -0.2) is 33.0 Å². The van der Waals surface area contributed by atoms with Gasteiger partial charge < -0.3 is 5.32 Å². The molecule has 2 N–H and O–H groups in total. The molecule has 0 spiro atoms. The fourth-order valence-corrected chi connectivity index (χ4v) is 4.34. The molecule has 0 amide bonds. The van der Waals surface area contributed by atoms with E-state index in [0.717, 1.165) is 17.8 Å². The van der Waals surface area contributed by atoms with Gasteiger partial charge in [0.25, 0.3) is 0 Å². The maximum Gasteiger partial charge on any atom is 0.241 e. The first-order valence-corrected chi connectivity index (χ1v) is 9.96. The number of thiophene rings is 1. The van der Waals surface area contributed by atoms with E-state index in [4.69, 9.17) is 0 Å². The lowest BCUT2D eigenvalue weighted by molar-refractivity contribution is 0.577. The standard InChI is InChI=1S/C12H22N2O2S3/c1-4-13-9-11-12(6-8-18-11)19(15,16)14-7-5-10(2)17-3/h6,8,10,13-14H,4-5,7,9H2,1-3H3. The Morgan fingerprint density at radius 2 is 2.21 bits per heavy atom. The summed E-state index contributed by atoms with van der Waals surface area (Å²) in [6.45, 7) is 6.02. The van der Waals surface area contributed by atoms with Crippen LogP contribution in [0.1, 0.15) is 25.1 Å². The highest BCUT2D eigenvalue weighted by molar-refractivity contribution is 7.99. The van der Waals surface area contributed by atoms with Crippen molar-refractivity contribution in [1.82, 2.24) is 10.0 Å². The van der Waals surface area contributed by atoms with Crippen LogP contribution in [0, 0.1) is 0 Å². The van der Waals surface area contributed by atoms with Crippen molar-refractivity contribution in [2.45, 2.75) is 37.0 Å². The molecule has 7 heteroatoms. The first-order chi connectivity index (χ1) is 9.01. The van der Waals surface area contributed by atoms with Gasteiger partial charge in [-0.1, -0.05) is 13.8 Å². The molecule has 0 saturated heterocycles. The Hall–Kier alpha value is -0.0800. The molecule has 1 heterocycles. The second-order valence-electron chi connectivity index (χ2n) is 4.22. The lowest BCUT2D eigenvalue weighted by Gasteiger charge is -2.10. The molecule has 110 valence electrons. The molecule has 0 radical (unpaired) electrons. The highest BCUT2D eigenvalue weighted by Gasteiger charge is 2.19. The van der Waals surface area contributed by atoms with Gasteiger partial charge >= 0.3 is 0 Å². The topological polar surface area (TPSA) is 58.2 Å². The van der Waals surface area contributed by atoms with E-state index in [0.29, 0.717) is 23.2 Å². The van der Waals surface area contributed by atoms with Crippen molar-refractivity contribution in [3.63, 3.8) is 0 Å². The molecule has 0 aliphatic rings. The average Bonchev–Trinajstić information content (AvgIpc) is 2.85. The predicted octanol–water partition coefficient (Wildman–Crippen LogP) is 2.28. The highest BCUT2D eigenvalue weighted by Crippen LogP contribution is 2.21. The number of rotatable bonds is 9. The maximum absolute atomic E-state index is 12.2. The minimum absolute atomic E-state index is 0.412. The van der Waals surface area contributed by atoms with E-state index < -0.39 is 10.0 Å². The van der Waals surface area contributed by atoms with Crippen molar-refractivity contribution in [2.75, 3.05) is 19.3 Å². The van der Waals surface area contributed by atoms with Gasteiger partial charge in [-0.2, -0.15) is 11.8 Å². The van der Waals surface area contributed by atoms with Crippen LogP contribution in [0.2, 0.25) is 0 Å². The molecular formula is C12H22N2O2S3. The number of sulfonamides is 1. The molecule has 1 aromatic rings. The quantitative estimate of drug-likeness (QED) is 0.732. The molecular weight excluding hydrogens is 300 g/mol. The van der Waals surface area contributed by atoms with Gasteiger partial charge in [-0.3, -0.25) is 0 Å². The Labute approximate surface area is 124 Å². The molecule has 0 aliphatic heterocycles. The lowest BCUT2D eigenvalue weighted by Crippen LogP contribution is -2.27. The molecule has 0 aliphatic carbocycles. The molecule has 19 heavy (non-hydrogen) atoms. The summed E-state index contributed by atoms with van der Waals surface area (Å²) < 4.78 is 27.1. The smallest absolute Gasteiger partial charge is 0.241 e. The average molecular weight is 323 g/mol. The van der Waals surface area contributed by atoms with E-state index in [1.807, 2.05) is 18.6 Å². The normalized spacial score (nSPS) is 13.6. The monoisotopic (exact) mass is 322 g/mol. The number of nitrogens with one attached hydrogen (secondary N) is 2. The molecule has 1 aromatic heterocycles. The summed E-state index contributed by atoms with van der Waals surface area (Å²) in [5.41, 5.74) is 0. The van der Waals surface area contributed by atoms with Gasteiger partial charge in [0.15, 0.2) is 0 Å². The third-order valence-corrected chi connectivity index (χ3v) is 6.41. The van der Waals surface area contributed by atoms with Crippen molar-refractivity contribution in [2.24, 2.45) is 0 Å². The Balaban J connectivity index is 2.64. The summed E-state index contributed by atoms with van der Waals surface area (Å²) in [5.74, 6) is 0.